The minimum atomic E-state index is -0.871. The van der Waals surface area contributed by atoms with Crippen LogP contribution < -0.4 is 10.6 Å². The topological polar surface area (TPSA) is 84.9 Å². The summed E-state index contributed by atoms with van der Waals surface area (Å²) in [7, 11) is 0. The average molecular weight is 483 g/mol. The molecule has 3 rings (SSSR count). The zero-order valence-electron chi connectivity index (χ0n) is 17.4. The average Bonchev–Trinajstić information content (AvgIpc) is 2.70. The molecule has 172 valence electrons. The van der Waals surface area contributed by atoms with Gasteiger partial charge >= 0.3 is 0 Å². The van der Waals surface area contributed by atoms with E-state index in [4.69, 9.17) is 23.2 Å². The highest BCUT2D eigenvalue weighted by atomic mass is 35.5. The first kappa shape index (κ1) is 24.4. The van der Waals surface area contributed by atoms with E-state index in [0.717, 1.165) is 0 Å². The van der Waals surface area contributed by atoms with Gasteiger partial charge < -0.3 is 15.7 Å². The third kappa shape index (κ3) is 7.72. The number of para-hydroxylation sites is 1. The van der Waals surface area contributed by atoms with Gasteiger partial charge in [0.05, 0.1) is 24.8 Å². The molecule has 1 aliphatic heterocycles. The number of aliphatic hydroxyl groups excluding tert-OH is 1. The maximum atomic E-state index is 13.6. The molecule has 0 saturated carbocycles. The molecule has 7 nitrogen and oxygen atoms in total. The quantitative estimate of drug-likeness (QED) is 0.538. The number of carbonyl (C=O) groups excluding carboxylic acids is 2. The summed E-state index contributed by atoms with van der Waals surface area (Å²) < 4.78 is 13.6. The van der Waals surface area contributed by atoms with Crippen LogP contribution in [0.15, 0.2) is 42.5 Å². The van der Waals surface area contributed by atoms with Crippen LogP contribution in [0.5, 0.6) is 0 Å². The second-order valence-electron chi connectivity index (χ2n) is 7.67. The zero-order chi connectivity index (χ0) is 23.1. The number of halogens is 3. The lowest BCUT2D eigenvalue weighted by molar-refractivity contribution is -0.119. The number of hydrogen-bond acceptors (Lipinski definition) is 5. The Labute approximate surface area is 196 Å². The lowest BCUT2D eigenvalue weighted by Gasteiger charge is -2.35. The number of benzene rings is 2. The lowest BCUT2D eigenvalue weighted by atomic mass is 10.2. The normalized spacial score (nSPS) is 15.9. The minimum absolute atomic E-state index is 0.0941. The number of hydrogen-bond donors (Lipinski definition) is 3. The van der Waals surface area contributed by atoms with E-state index in [1.54, 1.807) is 24.3 Å². The van der Waals surface area contributed by atoms with Crippen LogP contribution in [0.3, 0.4) is 0 Å². The van der Waals surface area contributed by atoms with E-state index in [9.17, 15) is 19.1 Å². The SMILES string of the molecule is O=C(CN1CCN(CC(O)CC(=O)Nc2ccccc2F)CC1)Nc1cc(Cl)cc(Cl)c1. The van der Waals surface area contributed by atoms with E-state index in [0.29, 0.717) is 48.5 Å². The summed E-state index contributed by atoms with van der Waals surface area (Å²) in [4.78, 5) is 28.4. The molecule has 0 bridgehead atoms. The van der Waals surface area contributed by atoms with Crippen molar-refractivity contribution in [3.8, 4) is 0 Å². The monoisotopic (exact) mass is 482 g/mol. The highest BCUT2D eigenvalue weighted by Gasteiger charge is 2.22. The molecule has 1 unspecified atom stereocenters. The predicted octanol–water partition coefficient (Wildman–Crippen LogP) is 3.08. The highest BCUT2D eigenvalue weighted by molar-refractivity contribution is 6.35. The van der Waals surface area contributed by atoms with Crippen molar-refractivity contribution in [1.82, 2.24) is 9.80 Å². The van der Waals surface area contributed by atoms with Crippen molar-refractivity contribution in [1.29, 1.82) is 0 Å². The van der Waals surface area contributed by atoms with Crippen molar-refractivity contribution in [2.24, 2.45) is 0 Å². The maximum absolute atomic E-state index is 13.6. The summed E-state index contributed by atoms with van der Waals surface area (Å²) in [5, 5.41) is 16.4. The van der Waals surface area contributed by atoms with Crippen molar-refractivity contribution in [3.63, 3.8) is 0 Å². The van der Waals surface area contributed by atoms with Crippen LogP contribution in [0.1, 0.15) is 6.42 Å². The Balaban J connectivity index is 1.37. The third-order valence-corrected chi connectivity index (χ3v) is 5.45. The minimum Gasteiger partial charge on any atom is -0.391 e. The molecule has 0 spiro atoms. The molecular formula is C22H25Cl2FN4O3. The largest absolute Gasteiger partial charge is 0.391 e. The number of nitrogens with zero attached hydrogens (tertiary/aromatic N) is 2. The summed E-state index contributed by atoms with van der Waals surface area (Å²) in [5.41, 5.74) is 0.638. The Kier molecular flexibility index (Phi) is 8.84. The van der Waals surface area contributed by atoms with Gasteiger partial charge in [0.1, 0.15) is 5.82 Å². The second kappa shape index (κ2) is 11.6. The number of nitrogens with one attached hydrogen (secondary N) is 2. The van der Waals surface area contributed by atoms with E-state index in [1.165, 1.54) is 18.2 Å². The van der Waals surface area contributed by atoms with Gasteiger partial charge in [0.15, 0.2) is 0 Å². The number of rotatable bonds is 8. The van der Waals surface area contributed by atoms with Crippen molar-refractivity contribution in [3.05, 3.63) is 58.3 Å². The molecule has 32 heavy (non-hydrogen) atoms. The van der Waals surface area contributed by atoms with E-state index in [1.807, 2.05) is 9.80 Å². The van der Waals surface area contributed by atoms with Crippen LogP contribution in [0.4, 0.5) is 15.8 Å². The molecule has 1 heterocycles. The number of aliphatic hydroxyl groups is 1. The van der Waals surface area contributed by atoms with E-state index in [-0.39, 0.29) is 24.6 Å². The van der Waals surface area contributed by atoms with Crippen molar-refractivity contribution in [2.75, 3.05) is 49.9 Å². The molecule has 2 aromatic rings. The Morgan fingerprint density at radius 1 is 0.969 bits per heavy atom. The van der Waals surface area contributed by atoms with Crippen LogP contribution in [-0.2, 0) is 9.59 Å². The molecule has 10 heteroatoms. The number of amides is 2. The molecule has 0 aliphatic carbocycles. The molecule has 1 fully saturated rings. The third-order valence-electron chi connectivity index (χ3n) is 5.02. The zero-order valence-corrected chi connectivity index (χ0v) is 18.9. The van der Waals surface area contributed by atoms with Crippen LogP contribution in [0, 0.1) is 5.82 Å². The van der Waals surface area contributed by atoms with Gasteiger partial charge in [0.2, 0.25) is 11.8 Å². The van der Waals surface area contributed by atoms with Gasteiger partial charge in [-0.05, 0) is 30.3 Å². The Hall–Kier alpha value is -2.23. The fourth-order valence-corrected chi connectivity index (χ4v) is 4.03. The van der Waals surface area contributed by atoms with Gasteiger partial charge in [-0.3, -0.25) is 19.4 Å². The van der Waals surface area contributed by atoms with Crippen molar-refractivity contribution >= 4 is 46.4 Å². The van der Waals surface area contributed by atoms with Gasteiger partial charge in [0, 0.05) is 48.5 Å². The number of carbonyl (C=O) groups is 2. The van der Waals surface area contributed by atoms with Crippen LogP contribution >= 0.6 is 23.2 Å². The number of piperazine rings is 1. The standard InChI is InChI=1S/C22H25Cl2FN4O3/c23-15-9-16(24)11-17(10-15)26-22(32)14-29-7-5-28(6-8-29)13-18(30)12-21(31)27-20-4-2-1-3-19(20)25/h1-4,9-11,18,30H,5-8,12-14H2,(H,26,32)(H,27,31). The molecule has 2 aromatic carbocycles. The van der Waals surface area contributed by atoms with Crippen molar-refractivity contribution in [2.45, 2.75) is 12.5 Å². The van der Waals surface area contributed by atoms with Gasteiger partial charge in [-0.2, -0.15) is 0 Å². The molecule has 0 radical (unpaired) electrons. The first-order valence-corrected chi connectivity index (χ1v) is 11.0. The molecular weight excluding hydrogens is 458 g/mol. The summed E-state index contributed by atoms with van der Waals surface area (Å²) in [6, 6.07) is 10.7. The van der Waals surface area contributed by atoms with Gasteiger partial charge in [-0.25, -0.2) is 4.39 Å². The fraction of sp³-hybridized carbons (Fsp3) is 0.364. The van der Waals surface area contributed by atoms with Gasteiger partial charge in [-0.15, -0.1) is 0 Å². The Morgan fingerprint density at radius 2 is 1.59 bits per heavy atom. The molecule has 2 amide bonds. The van der Waals surface area contributed by atoms with Gasteiger partial charge in [-0.1, -0.05) is 35.3 Å². The van der Waals surface area contributed by atoms with Crippen molar-refractivity contribution < 1.29 is 19.1 Å². The number of β-amino-alcohol motifs (C(OH)–C–C–N with tert-alkyl or cyclic N) is 1. The summed E-state index contributed by atoms with van der Waals surface area (Å²) in [6.07, 6.45) is -0.997. The maximum Gasteiger partial charge on any atom is 0.238 e. The van der Waals surface area contributed by atoms with Gasteiger partial charge in [0.25, 0.3) is 0 Å². The molecule has 1 saturated heterocycles. The molecule has 0 aromatic heterocycles. The van der Waals surface area contributed by atoms with E-state index in [2.05, 4.69) is 10.6 Å². The predicted molar refractivity (Wildman–Crippen MR) is 124 cm³/mol. The van der Waals surface area contributed by atoms with Crippen LogP contribution in [0.25, 0.3) is 0 Å². The van der Waals surface area contributed by atoms with E-state index < -0.39 is 17.8 Å². The molecule has 3 N–H and O–H groups in total. The van der Waals surface area contributed by atoms with Crippen LogP contribution in [0.2, 0.25) is 10.0 Å². The lowest BCUT2D eigenvalue weighted by Crippen LogP contribution is -2.50. The molecule has 1 aliphatic rings. The molecule has 1 atom stereocenters. The smallest absolute Gasteiger partial charge is 0.238 e. The first-order chi connectivity index (χ1) is 15.3. The summed E-state index contributed by atoms with van der Waals surface area (Å²) >= 11 is 11.9. The number of anilines is 2. The Bertz CT molecular complexity index is 934. The van der Waals surface area contributed by atoms with Crippen LogP contribution in [-0.4, -0.2) is 72.1 Å². The summed E-state index contributed by atoms with van der Waals surface area (Å²) in [6.45, 7) is 3.16. The first-order valence-electron chi connectivity index (χ1n) is 10.2. The second-order valence-corrected chi connectivity index (χ2v) is 8.54. The fourth-order valence-electron chi connectivity index (χ4n) is 3.50. The van der Waals surface area contributed by atoms with E-state index >= 15 is 0 Å². The summed E-state index contributed by atoms with van der Waals surface area (Å²) in [5.74, 6) is -1.13. The highest BCUT2D eigenvalue weighted by Crippen LogP contribution is 2.22. The Morgan fingerprint density at radius 3 is 2.25 bits per heavy atom.